The third-order valence-corrected chi connectivity index (χ3v) is 3.30. The fourth-order valence-corrected chi connectivity index (χ4v) is 2.05. The lowest BCUT2D eigenvalue weighted by atomic mass is 10.1. The summed E-state index contributed by atoms with van der Waals surface area (Å²) >= 11 is 11.8. The summed E-state index contributed by atoms with van der Waals surface area (Å²) in [5.41, 5.74) is 0.853. The number of rotatable bonds is 6. The highest BCUT2D eigenvalue weighted by Crippen LogP contribution is 2.22. The van der Waals surface area contributed by atoms with Gasteiger partial charge in [0, 0.05) is 30.1 Å². The second-order valence-electron chi connectivity index (χ2n) is 4.19. The minimum Gasteiger partial charge on any atom is -0.481 e. The standard InChI is InChI=1S/C13H15Cl2NO3/c1-16(7-6-13(18)19)12(17)5-3-9-2-4-10(14)8-11(9)15/h2,4,8H,3,5-7H2,1H3,(H,18,19). The van der Waals surface area contributed by atoms with Crippen molar-refractivity contribution >= 4 is 35.1 Å². The number of benzene rings is 1. The first kappa shape index (κ1) is 15.8. The number of aryl methyl sites for hydroxylation is 1. The molecule has 0 aliphatic rings. The topological polar surface area (TPSA) is 57.6 Å². The van der Waals surface area contributed by atoms with E-state index in [-0.39, 0.29) is 25.3 Å². The highest BCUT2D eigenvalue weighted by Gasteiger charge is 2.11. The van der Waals surface area contributed by atoms with Crippen LogP contribution in [0.1, 0.15) is 18.4 Å². The van der Waals surface area contributed by atoms with Crippen LogP contribution in [0.15, 0.2) is 18.2 Å². The van der Waals surface area contributed by atoms with Crippen LogP contribution in [0.4, 0.5) is 0 Å². The molecule has 0 heterocycles. The van der Waals surface area contributed by atoms with Gasteiger partial charge in [-0.05, 0) is 24.1 Å². The fourth-order valence-electron chi connectivity index (χ4n) is 1.54. The molecule has 1 aromatic rings. The molecule has 1 rings (SSSR count). The summed E-state index contributed by atoms with van der Waals surface area (Å²) in [4.78, 5) is 23.6. The van der Waals surface area contributed by atoms with Gasteiger partial charge in [-0.3, -0.25) is 9.59 Å². The van der Waals surface area contributed by atoms with E-state index in [0.717, 1.165) is 5.56 Å². The van der Waals surface area contributed by atoms with Crippen LogP contribution in [0.3, 0.4) is 0 Å². The maximum Gasteiger partial charge on any atom is 0.305 e. The first-order valence-electron chi connectivity index (χ1n) is 5.80. The van der Waals surface area contributed by atoms with Gasteiger partial charge < -0.3 is 10.0 Å². The van der Waals surface area contributed by atoms with Gasteiger partial charge in [-0.2, -0.15) is 0 Å². The molecule has 0 saturated heterocycles. The van der Waals surface area contributed by atoms with Gasteiger partial charge in [0.05, 0.1) is 6.42 Å². The molecule has 0 aliphatic carbocycles. The highest BCUT2D eigenvalue weighted by molar-refractivity contribution is 6.35. The fraction of sp³-hybridized carbons (Fsp3) is 0.385. The molecule has 1 amide bonds. The maximum atomic E-state index is 11.8. The number of amides is 1. The molecule has 0 spiro atoms. The van der Waals surface area contributed by atoms with Crippen LogP contribution in [-0.4, -0.2) is 35.5 Å². The second-order valence-corrected chi connectivity index (χ2v) is 5.04. The minimum atomic E-state index is -0.916. The largest absolute Gasteiger partial charge is 0.481 e. The number of aliphatic carboxylic acids is 1. The van der Waals surface area contributed by atoms with Gasteiger partial charge >= 0.3 is 5.97 Å². The first-order valence-corrected chi connectivity index (χ1v) is 6.55. The van der Waals surface area contributed by atoms with Gasteiger partial charge in [0.2, 0.25) is 5.91 Å². The molecule has 1 aromatic carbocycles. The van der Waals surface area contributed by atoms with E-state index in [1.165, 1.54) is 4.90 Å². The smallest absolute Gasteiger partial charge is 0.305 e. The van der Waals surface area contributed by atoms with Crippen molar-refractivity contribution in [1.29, 1.82) is 0 Å². The Labute approximate surface area is 121 Å². The van der Waals surface area contributed by atoms with Crippen molar-refractivity contribution in [2.45, 2.75) is 19.3 Å². The number of hydrogen-bond acceptors (Lipinski definition) is 2. The van der Waals surface area contributed by atoms with Crippen molar-refractivity contribution in [3.05, 3.63) is 33.8 Å². The molecule has 6 heteroatoms. The van der Waals surface area contributed by atoms with Crippen molar-refractivity contribution in [2.75, 3.05) is 13.6 Å². The molecular weight excluding hydrogens is 289 g/mol. The van der Waals surface area contributed by atoms with Crippen molar-refractivity contribution < 1.29 is 14.7 Å². The van der Waals surface area contributed by atoms with E-state index in [9.17, 15) is 9.59 Å². The minimum absolute atomic E-state index is 0.0516. The van der Waals surface area contributed by atoms with E-state index in [1.807, 2.05) is 0 Å². The third-order valence-electron chi connectivity index (χ3n) is 2.71. The number of nitrogens with zero attached hydrogens (tertiary/aromatic N) is 1. The Kier molecular flexibility index (Phi) is 6.12. The average molecular weight is 304 g/mol. The molecule has 0 radical (unpaired) electrons. The number of carboxylic acids is 1. The Morgan fingerprint density at radius 2 is 1.95 bits per heavy atom. The van der Waals surface area contributed by atoms with E-state index >= 15 is 0 Å². The molecule has 19 heavy (non-hydrogen) atoms. The second kappa shape index (κ2) is 7.36. The van der Waals surface area contributed by atoms with Crippen LogP contribution in [0.25, 0.3) is 0 Å². The zero-order valence-corrected chi connectivity index (χ0v) is 12.0. The lowest BCUT2D eigenvalue weighted by Gasteiger charge is -2.16. The van der Waals surface area contributed by atoms with E-state index in [2.05, 4.69) is 0 Å². The van der Waals surface area contributed by atoms with Gasteiger partial charge in [-0.15, -0.1) is 0 Å². The number of hydrogen-bond donors (Lipinski definition) is 1. The molecule has 0 bridgehead atoms. The van der Waals surface area contributed by atoms with Gasteiger partial charge in [-0.1, -0.05) is 29.3 Å². The average Bonchev–Trinajstić information content (AvgIpc) is 2.34. The maximum absolute atomic E-state index is 11.8. The van der Waals surface area contributed by atoms with E-state index in [1.54, 1.807) is 25.2 Å². The number of carbonyl (C=O) groups is 2. The molecule has 0 saturated carbocycles. The van der Waals surface area contributed by atoms with Crippen LogP contribution in [-0.2, 0) is 16.0 Å². The van der Waals surface area contributed by atoms with Gasteiger partial charge in [-0.25, -0.2) is 0 Å². The molecular formula is C13H15Cl2NO3. The summed E-state index contributed by atoms with van der Waals surface area (Å²) in [5, 5.41) is 9.64. The number of halogens is 2. The predicted molar refractivity (Wildman–Crippen MR) is 74.7 cm³/mol. The van der Waals surface area contributed by atoms with Crippen molar-refractivity contribution in [3.8, 4) is 0 Å². The summed E-state index contributed by atoms with van der Waals surface area (Å²) in [6.07, 6.45) is 0.744. The van der Waals surface area contributed by atoms with Crippen molar-refractivity contribution in [3.63, 3.8) is 0 Å². The summed E-state index contributed by atoms with van der Waals surface area (Å²) < 4.78 is 0. The predicted octanol–water partition coefficient (Wildman–Crippen LogP) is 2.86. The molecule has 0 unspecified atom stereocenters. The van der Waals surface area contributed by atoms with Crippen LogP contribution < -0.4 is 0 Å². The Morgan fingerprint density at radius 3 is 2.53 bits per heavy atom. The molecule has 104 valence electrons. The Hall–Kier alpha value is -1.26. The number of carbonyl (C=O) groups excluding carboxylic acids is 1. The van der Waals surface area contributed by atoms with Crippen LogP contribution in [0, 0.1) is 0 Å². The van der Waals surface area contributed by atoms with Crippen LogP contribution in [0.2, 0.25) is 10.0 Å². The highest BCUT2D eigenvalue weighted by atomic mass is 35.5. The van der Waals surface area contributed by atoms with Gasteiger partial charge in [0.25, 0.3) is 0 Å². The molecule has 0 fully saturated rings. The summed E-state index contributed by atoms with van der Waals surface area (Å²) in [6, 6.07) is 5.15. The van der Waals surface area contributed by atoms with Crippen LogP contribution >= 0.6 is 23.2 Å². The zero-order chi connectivity index (χ0) is 14.4. The summed E-state index contributed by atoms with van der Waals surface area (Å²) in [5.74, 6) is -1.02. The Morgan fingerprint density at radius 1 is 1.26 bits per heavy atom. The van der Waals surface area contributed by atoms with Gasteiger partial charge in [0.1, 0.15) is 0 Å². The Bertz CT molecular complexity index is 477. The molecule has 0 atom stereocenters. The zero-order valence-electron chi connectivity index (χ0n) is 10.5. The van der Waals surface area contributed by atoms with E-state index in [4.69, 9.17) is 28.3 Å². The summed E-state index contributed by atoms with van der Waals surface area (Å²) in [6.45, 7) is 0.211. The molecule has 4 nitrogen and oxygen atoms in total. The number of carboxylic acid groups (broad SMARTS) is 1. The van der Waals surface area contributed by atoms with Gasteiger partial charge in [0.15, 0.2) is 0 Å². The van der Waals surface area contributed by atoms with Crippen molar-refractivity contribution in [1.82, 2.24) is 4.90 Å². The van der Waals surface area contributed by atoms with Crippen LogP contribution in [0.5, 0.6) is 0 Å². The van der Waals surface area contributed by atoms with E-state index in [0.29, 0.717) is 16.5 Å². The normalized spacial score (nSPS) is 10.3. The van der Waals surface area contributed by atoms with E-state index < -0.39 is 5.97 Å². The monoisotopic (exact) mass is 303 g/mol. The molecule has 0 aliphatic heterocycles. The molecule has 0 aromatic heterocycles. The summed E-state index contributed by atoms with van der Waals surface area (Å²) in [7, 11) is 1.59. The quantitative estimate of drug-likeness (QED) is 0.879. The first-order chi connectivity index (χ1) is 8.90. The third kappa shape index (κ3) is 5.49. The Balaban J connectivity index is 2.47. The lowest BCUT2D eigenvalue weighted by Crippen LogP contribution is -2.29. The lowest BCUT2D eigenvalue weighted by molar-refractivity contribution is -0.138. The SMILES string of the molecule is CN(CCC(=O)O)C(=O)CCc1ccc(Cl)cc1Cl. The molecule has 1 N–H and O–H groups in total. The van der Waals surface area contributed by atoms with Crippen molar-refractivity contribution in [2.24, 2.45) is 0 Å².